The van der Waals surface area contributed by atoms with Crippen molar-refractivity contribution in [3.8, 4) is 23.0 Å². The lowest BCUT2D eigenvalue weighted by atomic mass is 9.84. The lowest BCUT2D eigenvalue weighted by Crippen LogP contribution is -2.51. The summed E-state index contributed by atoms with van der Waals surface area (Å²) in [6.07, 6.45) is 0.793. The van der Waals surface area contributed by atoms with Gasteiger partial charge < -0.3 is 23.7 Å². The van der Waals surface area contributed by atoms with Crippen molar-refractivity contribution in [2.45, 2.75) is 26.0 Å². The van der Waals surface area contributed by atoms with Crippen LogP contribution in [0.1, 0.15) is 37.0 Å². The van der Waals surface area contributed by atoms with Gasteiger partial charge in [0.25, 0.3) is 0 Å². The van der Waals surface area contributed by atoms with Crippen LogP contribution < -0.4 is 30.2 Å². The normalized spacial score (nSPS) is 18.0. The van der Waals surface area contributed by atoms with E-state index < -0.39 is 5.72 Å². The van der Waals surface area contributed by atoms with Gasteiger partial charge in [-0.2, -0.15) is 0 Å². The van der Waals surface area contributed by atoms with Gasteiger partial charge in [0.05, 0.1) is 28.4 Å². The van der Waals surface area contributed by atoms with Gasteiger partial charge in [-0.25, -0.2) is 5.43 Å². The minimum absolute atomic E-state index is 0.577. The van der Waals surface area contributed by atoms with Crippen molar-refractivity contribution in [3.63, 3.8) is 0 Å². The van der Waals surface area contributed by atoms with Gasteiger partial charge in [0, 0.05) is 11.1 Å². The Bertz CT molecular complexity index is 941. The number of nitrogens with one attached hydrogen (secondary N) is 1. The lowest BCUT2D eigenvalue weighted by molar-refractivity contribution is 0.000115. The second-order valence-electron chi connectivity index (χ2n) is 6.64. The maximum Gasteiger partial charge on any atom is 0.225 e. The largest absolute Gasteiger partial charge is 0.493 e. The Morgan fingerprint density at radius 3 is 2.03 bits per heavy atom. The first-order chi connectivity index (χ1) is 14.0. The Labute approximate surface area is 171 Å². The van der Waals surface area contributed by atoms with Crippen molar-refractivity contribution in [1.82, 2.24) is 5.43 Å². The van der Waals surface area contributed by atoms with Gasteiger partial charge in [0.2, 0.25) is 5.72 Å². The maximum atomic E-state index is 6.44. The second-order valence-corrected chi connectivity index (χ2v) is 6.64. The van der Waals surface area contributed by atoms with E-state index in [1.54, 1.807) is 28.4 Å². The van der Waals surface area contributed by atoms with Gasteiger partial charge in [-0.3, -0.25) is 5.84 Å². The summed E-state index contributed by atoms with van der Waals surface area (Å²) >= 11 is 0. The molecule has 0 amide bonds. The monoisotopic (exact) mass is 400 g/mol. The van der Waals surface area contributed by atoms with Gasteiger partial charge in [0.1, 0.15) is 5.76 Å². The van der Waals surface area contributed by atoms with Crippen molar-refractivity contribution in [2.24, 2.45) is 5.84 Å². The molecule has 0 aliphatic carbocycles. The molecule has 1 aliphatic heterocycles. The molecule has 7 heteroatoms. The third kappa shape index (κ3) is 3.26. The highest BCUT2D eigenvalue weighted by Gasteiger charge is 2.43. The molecule has 0 bridgehead atoms. The third-order valence-corrected chi connectivity index (χ3v) is 5.31. The molecule has 1 aliphatic rings. The van der Waals surface area contributed by atoms with Crippen molar-refractivity contribution in [3.05, 3.63) is 52.8 Å². The zero-order valence-electron chi connectivity index (χ0n) is 17.7. The Balaban J connectivity index is 2.33. The SMILES string of the molecule is CCC1=C(C)OC(NN)(c2ccc(OC)c(OC)c2)c2cc(OC)c(OC)cc21. The fourth-order valence-corrected chi connectivity index (χ4v) is 3.86. The van der Waals surface area contributed by atoms with E-state index >= 15 is 0 Å². The van der Waals surface area contributed by atoms with Crippen LogP contribution in [0.4, 0.5) is 0 Å². The van der Waals surface area contributed by atoms with Crippen LogP contribution in [0.25, 0.3) is 5.57 Å². The van der Waals surface area contributed by atoms with Gasteiger partial charge in [-0.15, -0.1) is 0 Å². The van der Waals surface area contributed by atoms with E-state index in [1.807, 2.05) is 37.3 Å². The quantitative estimate of drug-likeness (QED) is 0.543. The minimum Gasteiger partial charge on any atom is -0.493 e. The van der Waals surface area contributed by atoms with Crippen molar-refractivity contribution in [1.29, 1.82) is 0 Å². The molecule has 0 radical (unpaired) electrons. The van der Waals surface area contributed by atoms with Crippen molar-refractivity contribution < 1.29 is 23.7 Å². The van der Waals surface area contributed by atoms with Crippen LogP contribution in [0.2, 0.25) is 0 Å². The van der Waals surface area contributed by atoms with Gasteiger partial charge in [0.15, 0.2) is 23.0 Å². The number of rotatable bonds is 7. The molecular formula is C22H28N2O5. The molecule has 2 aromatic carbocycles. The zero-order valence-corrected chi connectivity index (χ0v) is 17.7. The number of methoxy groups -OCH3 is 4. The Morgan fingerprint density at radius 1 is 0.897 bits per heavy atom. The van der Waals surface area contributed by atoms with Crippen LogP contribution in [0.5, 0.6) is 23.0 Å². The second kappa shape index (κ2) is 8.23. The van der Waals surface area contributed by atoms with Crippen LogP contribution >= 0.6 is 0 Å². The maximum absolute atomic E-state index is 6.44. The summed E-state index contributed by atoms with van der Waals surface area (Å²) in [5, 5.41) is 0. The first-order valence-electron chi connectivity index (χ1n) is 9.35. The standard InChI is InChI=1S/C22H28N2O5/c1-7-15-13(2)29-22(24-23,14-8-9-18(25-3)19(10-14)26-4)17-12-21(28-6)20(27-5)11-16(15)17/h8-12,24H,7,23H2,1-6H3. The number of benzene rings is 2. The Morgan fingerprint density at radius 2 is 1.48 bits per heavy atom. The molecule has 1 unspecified atom stereocenters. The Kier molecular flexibility index (Phi) is 5.91. The average Bonchev–Trinajstić information content (AvgIpc) is 2.76. The highest BCUT2D eigenvalue weighted by molar-refractivity contribution is 5.76. The minimum atomic E-state index is -1.14. The zero-order chi connectivity index (χ0) is 21.2. The van der Waals surface area contributed by atoms with Gasteiger partial charge in [-0.1, -0.05) is 6.92 Å². The van der Waals surface area contributed by atoms with Crippen molar-refractivity contribution in [2.75, 3.05) is 28.4 Å². The van der Waals surface area contributed by atoms with Crippen molar-refractivity contribution >= 4 is 5.57 Å². The molecule has 0 saturated carbocycles. The van der Waals surface area contributed by atoms with Crippen LogP contribution in [-0.4, -0.2) is 28.4 Å². The summed E-state index contributed by atoms with van der Waals surface area (Å²) in [6, 6.07) is 9.43. The van der Waals surface area contributed by atoms with E-state index in [0.717, 1.165) is 34.4 Å². The molecule has 1 heterocycles. The lowest BCUT2D eigenvalue weighted by Gasteiger charge is -2.41. The van der Waals surface area contributed by atoms with E-state index in [0.29, 0.717) is 23.0 Å². The molecular weight excluding hydrogens is 372 g/mol. The predicted molar refractivity (Wildman–Crippen MR) is 111 cm³/mol. The number of nitrogens with two attached hydrogens (primary N) is 1. The molecule has 0 aromatic heterocycles. The third-order valence-electron chi connectivity index (χ3n) is 5.31. The fraction of sp³-hybridized carbons (Fsp3) is 0.364. The smallest absolute Gasteiger partial charge is 0.225 e. The highest BCUT2D eigenvalue weighted by Crippen LogP contribution is 2.48. The Hall–Kier alpha value is -2.90. The predicted octanol–water partition coefficient (Wildman–Crippen LogP) is 3.56. The topological polar surface area (TPSA) is 84.2 Å². The molecule has 3 rings (SSSR count). The average molecular weight is 400 g/mol. The fourth-order valence-electron chi connectivity index (χ4n) is 3.86. The molecule has 29 heavy (non-hydrogen) atoms. The molecule has 3 N–H and O–H groups in total. The molecule has 0 fully saturated rings. The van der Waals surface area contributed by atoms with E-state index in [-0.39, 0.29) is 0 Å². The first kappa shape index (κ1) is 20.8. The number of hydrogen-bond acceptors (Lipinski definition) is 7. The molecule has 0 spiro atoms. The van der Waals surface area contributed by atoms with E-state index in [9.17, 15) is 0 Å². The summed E-state index contributed by atoms with van der Waals surface area (Å²) in [7, 11) is 6.41. The van der Waals surface area contributed by atoms with Gasteiger partial charge >= 0.3 is 0 Å². The van der Waals surface area contributed by atoms with Crippen LogP contribution in [0.3, 0.4) is 0 Å². The van der Waals surface area contributed by atoms with Crippen LogP contribution in [0, 0.1) is 0 Å². The van der Waals surface area contributed by atoms with E-state index in [2.05, 4.69) is 12.3 Å². The van der Waals surface area contributed by atoms with E-state index in [4.69, 9.17) is 29.5 Å². The van der Waals surface area contributed by atoms with Gasteiger partial charge in [-0.05, 0) is 54.8 Å². The summed E-state index contributed by atoms with van der Waals surface area (Å²) in [5.41, 5.74) is 5.41. The summed E-state index contributed by atoms with van der Waals surface area (Å²) < 4.78 is 28.4. The first-order valence-corrected chi connectivity index (χ1v) is 9.35. The molecule has 2 aromatic rings. The van der Waals surface area contributed by atoms with Crippen LogP contribution in [0.15, 0.2) is 36.1 Å². The number of fused-ring (bicyclic) bond motifs is 1. The number of allylic oxidation sites excluding steroid dienone is 2. The summed E-state index contributed by atoms with van der Waals surface area (Å²) in [6.45, 7) is 4.02. The van der Waals surface area contributed by atoms with E-state index in [1.165, 1.54) is 0 Å². The van der Waals surface area contributed by atoms with Crippen LogP contribution in [-0.2, 0) is 10.5 Å². The molecule has 7 nitrogen and oxygen atoms in total. The highest BCUT2D eigenvalue weighted by atomic mass is 16.5. The number of hydrazine groups is 1. The number of hydrogen-bond donors (Lipinski definition) is 2. The molecule has 0 saturated heterocycles. The molecule has 156 valence electrons. The summed E-state index contributed by atoms with van der Waals surface area (Å²) in [4.78, 5) is 0. The summed E-state index contributed by atoms with van der Waals surface area (Å²) in [5.74, 6) is 9.32. The number of ether oxygens (including phenoxy) is 5. The molecule has 1 atom stereocenters.